The summed E-state index contributed by atoms with van der Waals surface area (Å²) in [4.78, 5) is 38.8. The summed E-state index contributed by atoms with van der Waals surface area (Å²) in [6.45, 7) is 0.957. The molecule has 6 heteroatoms. The molecule has 0 spiro atoms. The zero-order valence-electron chi connectivity index (χ0n) is 17.6. The lowest BCUT2D eigenvalue weighted by Gasteiger charge is -2.16. The second-order valence-electron chi connectivity index (χ2n) is 7.74. The van der Waals surface area contributed by atoms with Gasteiger partial charge in [0.25, 0.3) is 5.91 Å². The van der Waals surface area contributed by atoms with E-state index < -0.39 is 11.9 Å². The normalized spacial score (nSPS) is 15.4. The highest BCUT2D eigenvalue weighted by Crippen LogP contribution is 2.23. The summed E-state index contributed by atoms with van der Waals surface area (Å²) in [6, 6.07) is 25.5. The van der Waals surface area contributed by atoms with Crippen molar-refractivity contribution in [1.29, 1.82) is 0 Å². The van der Waals surface area contributed by atoms with Crippen molar-refractivity contribution in [3.8, 4) is 5.75 Å². The van der Waals surface area contributed by atoms with E-state index in [2.05, 4.69) is 5.32 Å². The predicted molar refractivity (Wildman–Crippen MR) is 121 cm³/mol. The third-order valence-electron chi connectivity index (χ3n) is 5.43. The first-order valence-electron chi connectivity index (χ1n) is 10.6. The number of carbonyl (C=O) groups is 3. The highest BCUT2D eigenvalue weighted by atomic mass is 16.5. The number of benzene rings is 3. The summed E-state index contributed by atoms with van der Waals surface area (Å²) in [5.74, 6) is -0.752. The lowest BCUT2D eigenvalue weighted by atomic mass is 10.1. The zero-order chi connectivity index (χ0) is 22.3. The van der Waals surface area contributed by atoms with Gasteiger partial charge in [0.05, 0.1) is 5.92 Å². The molecule has 2 amide bonds. The van der Waals surface area contributed by atoms with Crippen LogP contribution < -0.4 is 10.1 Å². The van der Waals surface area contributed by atoms with Gasteiger partial charge in [-0.2, -0.15) is 0 Å². The molecule has 162 valence electrons. The molecule has 1 unspecified atom stereocenters. The minimum Gasteiger partial charge on any atom is -0.426 e. The molecule has 3 aromatic carbocycles. The molecule has 0 saturated carbocycles. The molecule has 1 N–H and O–H groups in total. The molecule has 32 heavy (non-hydrogen) atoms. The van der Waals surface area contributed by atoms with Gasteiger partial charge < -0.3 is 15.0 Å². The van der Waals surface area contributed by atoms with Gasteiger partial charge in [-0.1, -0.05) is 48.5 Å². The lowest BCUT2D eigenvalue weighted by molar-refractivity contribution is -0.139. The standard InChI is InChI=1S/C26H24N2O4/c29-24-17-21(18-28(24)16-15-19-7-3-1-4-8-19)26(31)32-23-13-11-22(12-14-23)27-25(30)20-9-5-2-6-10-20/h1-14,21H,15-18H2,(H,27,30). The number of carbonyl (C=O) groups excluding carboxylic acids is 3. The minimum absolute atomic E-state index is 0.0261. The van der Waals surface area contributed by atoms with E-state index in [0.29, 0.717) is 30.1 Å². The average Bonchev–Trinajstić information content (AvgIpc) is 3.21. The number of nitrogens with one attached hydrogen (secondary N) is 1. The maximum atomic E-state index is 12.6. The maximum absolute atomic E-state index is 12.6. The van der Waals surface area contributed by atoms with Crippen molar-refractivity contribution in [1.82, 2.24) is 4.90 Å². The summed E-state index contributed by atoms with van der Waals surface area (Å²) in [7, 11) is 0. The number of hydrogen-bond donors (Lipinski definition) is 1. The molecule has 6 nitrogen and oxygen atoms in total. The summed E-state index contributed by atoms with van der Waals surface area (Å²) in [5.41, 5.74) is 2.32. The Morgan fingerprint density at radius 2 is 1.56 bits per heavy atom. The van der Waals surface area contributed by atoms with E-state index in [1.165, 1.54) is 0 Å². The summed E-state index contributed by atoms with van der Waals surface area (Å²) >= 11 is 0. The monoisotopic (exact) mass is 428 g/mol. The first kappa shape index (κ1) is 21.3. The van der Waals surface area contributed by atoms with Gasteiger partial charge in [-0.25, -0.2) is 0 Å². The lowest BCUT2D eigenvalue weighted by Crippen LogP contribution is -2.29. The van der Waals surface area contributed by atoms with Gasteiger partial charge in [0, 0.05) is 30.8 Å². The van der Waals surface area contributed by atoms with Gasteiger partial charge in [0.15, 0.2) is 0 Å². The highest BCUT2D eigenvalue weighted by molar-refractivity contribution is 6.04. The fraction of sp³-hybridized carbons (Fsp3) is 0.192. The topological polar surface area (TPSA) is 75.7 Å². The van der Waals surface area contributed by atoms with E-state index in [4.69, 9.17) is 4.74 Å². The Bertz CT molecular complexity index is 1080. The summed E-state index contributed by atoms with van der Waals surface area (Å²) in [6.07, 6.45) is 0.920. The molecular weight excluding hydrogens is 404 g/mol. The molecule has 0 aromatic heterocycles. The Labute approximate surface area is 186 Å². The Balaban J connectivity index is 1.28. The zero-order valence-corrected chi connectivity index (χ0v) is 17.6. The van der Waals surface area contributed by atoms with E-state index in [1.54, 1.807) is 53.4 Å². The molecule has 1 atom stereocenters. The fourth-order valence-electron chi connectivity index (χ4n) is 3.65. The summed E-state index contributed by atoms with van der Waals surface area (Å²) in [5, 5.41) is 2.80. The number of hydrogen-bond acceptors (Lipinski definition) is 4. The predicted octanol–water partition coefficient (Wildman–Crippen LogP) is 3.94. The van der Waals surface area contributed by atoms with Crippen molar-refractivity contribution in [3.05, 3.63) is 96.1 Å². The largest absolute Gasteiger partial charge is 0.426 e. The van der Waals surface area contributed by atoms with Crippen molar-refractivity contribution >= 4 is 23.5 Å². The fourth-order valence-corrected chi connectivity index (χ4v) is 3.65. The van der Waals surface area contributed by atoms with Crippen LogP contribution in [0.25, 0.3) is 0 Å². The smallest absolute Gasteiger partial charge is 0.316 e. The molecule has 1 heterocycles. The maximum Gasteiger partial charge on any atom is 0.316 e. The van der Waals surface area contributed by atoms with Crippen LogP contribution in [0.5, 0.6) is 5.75 Å². The van der Waals surface area contributed by atoms with Crippen LogP contribution in [0.3, 0.4) is 0 Å². The van der Waals surface area contributed by atoms with Crippen LogP contribution in [0, 0.1) is 5.92 Å². The molecule has 0 aliphatic carbocycles. The van der Waals surface area contributed by atoms with Crippen molar-refractivity contribution in [2.24, 2.45) is 5.92 Å². The van der Waals surface area contributed by atoms with Gasteiger partial charge in [-0.15, -0.1) is 0 Å². The van der Waals surface area contributed by atoms with Crippen molar-refractivity contribution in [2.75, 3.05) is 18.4 Å². The van der Waals surface area contributed by atoms with E-state index in [-0.39, 0.29) is 18.2 Å². The van der Waals surface area contributed by atoms with Gasteiger partial charge >= 0.3 is 5.97 Å². The van der Waals surface area contributed by atoms with Gasteiger partial charge in [0.1, 0.15) is 5.75 Å². The molecule has 1 fully saturated rings. The van der Waals surface area contributed by atoms with Gasteiger partial charge in [0.2, 0.25) is 5.91 Å². The van der Waals surface area contributed by atoms with Crippen LogP contribution >= 0.6 is 0 Å². The Morgan fingerprint density at radius 1 is 0.906 bits per heavy atom. The number of ether oxygens (including phenoxy) is 1. The van der Waals surface area contributed by atoms with Gasteiger partial charge in [-0.05, 0) is 48.4 Å². The number of rotatable bonds is 7. The first-order chi connectivity index (χ1) is 15.6. The van der Waals surface area contributed by atoms with Crippen molar-refractivity contribution in [3.63, 3.8) is 0 Å². The molecule has 0 radical (unpaired) electrons. The summed E-state index contributed by atoms with van der Waals surface area (Å²) < 4.78 is 5.47. The molecular formula is C26H24N2O4. The second kappa shape index (κ2) is 9.92. The van der Waals surface area contributed by atoms with Crippen LogP contribution in [0.1, 0.15) is 22.3 Å². The van der Waals surface area contributed by atoms with Crippen LogP contribution in [0.15, 0.2) is 84.9 Å². The van der Waals surface area contributed by atoms with E-state index in [1.807, 2.05) is 36.4 Å². The molecule has 3 aromatic rings. The van der Waals surface area contributed by atoms with Crippen LogP contribution in [0.4, 0.5) is 5.69 Å². The number of esters is 1. The number of nitrogens with zero attached hydrogens (tertiary/aromatic N) is 1. The third-order valence-corrected chi connectivity index (χ3v) is 5.43. The number of amides is 2. The Kier molecular flexibility index (Phi) is 6.60. The third kappa shape index (κ3) is 5.40. The highest BCUT2D eigenvalue weighted by Gasteiger charge is 2.35. The van der Waals surface area contributed by atoms with Crippen molar-refractivity contribution in [2.45, 2.75) is 12.8 Å². The van der Waals surface area contributed by atoms with E-state index >= 15 is 0 Å². The molecule has 1 aliphatic rings. The molecule has 1 aliphatic heterocycles. The first-order valence-corrected chi connectivity index (χ1v) is 10.6. The quantitative estimate of drug-likeness (QED) is 0.457. The number of anilines is 1. The minimum atomic E-state index is -0.476. The SMILES string of the molecule is O=C(Nc1ccc(OC(=O)C2CC(=O)N(CCc3ccccc3)C2)cc1)c1ccccc1. The average molecular weight is 428 g/mol. The molecule has 4 rings (SSSR count). The van der Waals surface area contributed by atoms with E-state index in [9.17, 15) is 14.4 Å². The second-order valence-corrected chi connectivity index (χ2v) is 7.74. The van der Waals surface area contributed by atoms with Crippen molar-refractivity contribution < 1.29 is 19.1 Å². The van der Waals surface area contributed by atoms with E-state index in [0.717, 1.165) is 12.0 Å². The van der Waals surface area contributed by atoms with Crippen LogP contribution in [-0.4, -0.2) is 35.8 Å². The Morgan fingerprint density at radius 3 is 2.25 bits per heavy atom. The van der Waals surface area contributed by atoms with Crippen LogP contribution in [-0.2, 0) is 16.0 Å². The molecule has 0 bridgehead atoms. The number of likely N-dealkylation sites (tertiary alicyclic amines) is 1. The van der Waals surface area contributed by atoms with Gasteiger partial charge in [-0.3, -0.25) is 14.4 Å². The Hall–Kier alpha value is -3.93. The molecule has 1 saturated heterocycles. The van der Waals surface area contributed by atoms with Crippen LogP contribution in [0.2, 0.25) is 0 Å².